The van der Waals surface area contributed by atoms with Crippen LogP contribution in [0.5, 0.6) is 0 Å². The monoisotopic (exact) mass is 324 g/mol. The minimum Gasteiger partial charge on any atom is -0.480 e. The smallest absolute Gasteiger partial charge is 0.321 e. The van der Waals surface area contributed by atoms with Crippen LogP contribution >= 0.6 is 23.4 Å². The molecule has 0 radical (unpaired) electrons. The lowest BCUT2D eigenvalue weighted by atomic mass is 10.2. The molecule has 0 aliphatic heterocycles. The molecule has 1 rings (SSSR count). The van der Waals surface area contributed by atoms with Gasteiger partial charge < -0.3 is 5.11 Å². The second-order valence-electron chi connectivity index (χ2n) is 3.59. The number of thioether (sulfide) groups is 1. The largest absolute Gasteiger partial charge is 0.480 e. The van der Waals surface area contributed by atoms with Crippen molar-refractivity contribution in [3.8, 4) is 0 Å². The molecule has 1 unspecified atom stereocenters. The summed E-state index contributed by atoms with van der Waals surface area (Å²) in [6.07, 6.45) is 3.35. The van der Waals surface area contributed by atoms with E-state index >= 15 is 0 Å². The molecule has 0 aliphatic carbocycles. The molecule has 1 aromatic rings. The minimum atomic E-state index is -4.00. The van der Waals surface area contributed by atoms with E-state index in [0.717, 1.165) is 0 Å². The summed E-state index contributed by atoms with van der Waals surface area (Å²) in [6, 6.07) is 1.50. The van der Waals surface area contributed by atoms with Crippen molar-refractivity contribution in [3.05, 3.63) is 23.5 Å². The summed E-state index contributed by atoms with van der Waals surface area (Å²) in [4.78, 5) is 14.4. The van der Waals surface area contributed by atoms with Gasteiger partial charge in [-0.1, -0.05) is 11.6 Å². The van der Waals surface area contributed by atoms with Gasteiger partial charge in [-0.25, -0.2) is 13.4 Å². The highest BCUT2D eigenvalue weighted by molar-refractivity contribution is 7.98. The molecule has 0 aliphatic rings. The standard InChI is InChI=1S/C10H13ClN2O4S2/c1-18-6-4-7(10(14)15)13-19(16,17)8-3-2-5-12-9(8)11/h2-3,5,7,13H,4,6H2,1H3,(H,14,15). The van der Waals surface area contributed by atoms with Crippen LogP contribution in [0.25, 0.3) is 0 Å². The summed E-state index contributed by atoms with van der Waals surface area (Å²) in [6.45, 7) is 0. The van der Waals surface area contributed by atoms with E-state index in [-0.39, 0.29) is 16.5 Å². The second kappa shape index (κ2) is 7.09. The molecule has 0 amide bonds. The molecule has 0 saturated heterocycles. The van der Waals surface area contributed by atoms with Gasteiger partial charge in [-0.2, -0.15) is 16.5 Å². The topological polar surface area (TPSA) is 96.4 Å². The number of hydrogen-bond acceptors (Lipinski definition) is 5. The Hall–Kier alpha value is -0.830. The number of pyridine rings is 1. The van der Waals surface area contributed by atoms with Gasteiger partial charge in [0.1, 0.15) is 16.1 Å². The molecule has 0 saturated carbocycles. The first-order valence-electron chi connectivity index (χ1n) is 5.23. The third-order valence-corrected chi connectivity index (χ3v) is 4.78. The molecule has 0 spiro atoms. The number of carboxylic acid groups (broad SMARTS) is 1. The Kier molecular flexibility index (Phi) is 6.05. The first kappa shape index (κ1) is 16.2. The first-order valence-corrected chi connectivity index (χ1v) is 8.48. The Bertz CT molecular complexity index is 550. The zero-order chi connectivity index (χ0) is 14.5. The lowest BCUT2D eigenvalue weighted by Crippen LogP contribution is -2.41. The quantitative estimate of drug-likeness (QED) is 0.732. The van der Waals surface area contributed by atoms with Gasteiger partial charge in [-0.3, -0.25) is 4.79 Å². The van der Waals surface area contributed by atoms with Gasteiger partial charge in [0, 0.05) is 6.20 Å². The number of rotatable bonds is 7. The van der Waals surface area contributed by atoms with Gasteiger partial charge in [0.15, 0.2) is 0 Å². The molecule has 2 N–H and O–H groups in total. The van der Waals surface area contributed by atoms with Crippen LogP contribution in [0, 0.1) is 0 Å². The average molecular weight is 325 g/mol. The molecular weight excluding hydrogens is 312 g/mol. The second-order valence-corrected chi connectivity index (χ2v) is 6.61. The highest BCUT2D eigenvalue weighted by Crippen LogP contribution is 2.18. The number of halogens is 1. The Morgan fingerprint density at radius 3 is 2.84 bits per heavy atom. The summed E-state index contributed by atoms with van der Waals surface area (Å²) in [7, 11) is -4.00. The average Bonchev–Trinajstić information content (AvgIpc) is 2.34. The number of nitrogens with one attached hydrogen (secondary N) is 1. The van der Waals surface area contributed by atoms with Crippen LogP contribution < -0.4 is 4.72 Å². The van der Waals surface area contributed by atoms with Crippen molar-refractivity contribution in [1.82, 2.24) is 9.71 Å². The summed E-state index contributed by atoms with van der Waals surface area (Å²) in [5, 5.41) is 8.80. The van der Waals surface area contributed by atoms with Gasteiger partial charge >= 0.3 is 5.97 Å². The fourth-order valence-corrected chi connectivity index (χ4v) is 3.44. The Labute approximate surface area is 120 Å². The molecule has 1 heterocycles. The maximum atomic E-state index is 12.0. The van der Waals surface area contributed by atoms with Crippen molar-refractivity contribution in [2.45, 2.75) is 17.4 Å². The highest BCUT2D eigenvalue weighted by atomic mass is 35.5. The lowest BCUT2D eigenvalue weighted by Gasteiger charge is -2.14. The van der Waals surface area contributed by atoms with Crippen LogP contribution in [0.4, 0.5) is 0 Å². The Balaban J connectivity index is 2.95. The third kappa shape index (κ3) is 4.64. The zero-order valence-corrected chi connectivity index (χ0v) is 12.4. The zero-order valence-electron chi connectivity index (χ0n) is 10.0. The fraction of sp³-hybridized carbons (Fsp3) is 0.400. The van der Waals surface area contributed by atoms with Crippen LogP contribution in [0.1, 0.15) is 6.42 Å². The molecule has 1 atom stereocenters. The van der Waals surface area contributed by atoms with E-state index in [9.17, 15) is 13.2 Å². The number of hydrogen-bond donors (Lipinski definition) is 2. The van der Waals surface area contributed by atoms with E-state index in [1.165, 1.54) is 30.1 Å². The van der Waals surface area contributed by atoms with Crippen molar-refractivity contribution >= 4 is 39.4 Å². The SMILES string of the molecule is CSCCC(NS(=O)(=O)c1cccnc1Cl)C(=O)O. The lowest BCUT2D eigenvalue weighted by molar-refractivity contribution is -0.139. The van der Waals surface area contributed by atoms with E-state index in [2.05, 4.69) is 9.71 Å². The van der Waals surface area contributed by atoms with Crippen molar-refractivity contribution in [1.29, 1.82) is 0 Å². The Morgan fingerprint density at radius 1 is 1.63 bits per heavy atom. The number of aliphatic carboxylic acids is 1. The number of nitrogens with zero attached hydrogens (tertiary/aromatic N) is 1. The minimum absolute atomic E-state index is 0.188. The van der Waals surface area contributed by atoms with E-state index in [0.29, 0.717) is 5.75 Å². The molecular formula is C10H13ClN2O4S2. The fourth-order valence-electron chi connectivity index (χ4n) is 1.29. The Morgan fingerprint density at radius 2 is 2.32 bits per heavy atom. The van der Waals surface area contributed by atoms with E-state index in [4.69, 9.17) is 16.7 Å². The number of carbonyl (C=O) groups is 1. The first-order chi connectivity index (χ1) is 8.88. The molecule has 106 valence electrons. The molecule has 19 heavy (non-hydrogen) atoms. The van der Waals surface area contributed by atoms with Crippen molar-refractivity contribution < 1.29 is 18.3 Å². The maximum absolute atomic E-state index is 12.0. The van der Waals surface area contributed by atoms with Crippen LogP contribution in [-0.2, 0) is 14.8 Å². The number of carboxylic acids is 1. The molecule has 0 bridgehead atoms. The summed E-state index contributed by atoms with van der Waals surface area (Å²) in [5.74, 6) is -0.696. The van der Waals surface area contributed by atoms with Crippen LogP contribution in [-0.4, -0.2) is 42.5 Å². The molecule has 0 aromatic carbocycles. The van der Waals surface area contributed by atoms with Gasteiger partial charge in [0.05, 0.1) is 0 Å². The summed E-state index contributed by atoms with van der Waals surface area (Å²) in [5.41, 5.74) is 0. The normalized spacial score (nSPS) is 13.2. The summed E-state index contributed by atoms with van der Waals surface area (Å²) < 4.78 is 26.2. The third-order valence-electron chi connectivity index (χ3n) is 2.22. The van der Waals surface area contributed by atoms with Crippen LogP contribution in [0.2, 0.25) is 5.15 Å². The molecule has 1 aromatic heterocycles. The summed E-state index contributed by atoms with van der Waals surface area (Å²) >= 11 is 7.13. The van der Waals surface area contributed by atoms with Crippen molar-refractivity contribution in [2.75, 3.05) is 12.0 Å². The van der Waals surface area contributed by atoms with Gasteiger partial charge in [0.25, 0.3) is 0 Å². The van der Waals surface area contributed by atoms with Gasteiger partial charge in [0.2, 0.25) is 10.0 Å². The van der Waals surface area contributed by atoms with Crippen LogP contribution in [0.15, 0.2) is 23.2 Å². The van der Waals surface area contributed by atoms with Crippen LogP contribution in [0.3, 0.4) is 0 Å². The van der Waals surface area contributed by atoms with Crippen molar-refractivity contribution in [3.63, 3.8) is 0 Å². The van der Waals surface area contributed by atoms with E-state index < -0.39 is 22.0 Å². The van der Waals surface area contributed by atoms with Gasteiger partial charge in [-0.15, -0.1) is 0 Å². The molecule has 6 nitrogen and oxygen atoms in total. The molecule has 9 heteroatoms. The van der Waals surface area contributed by atoms with Gasteiger partial charge in [-0.05, 0) is 30.6 Å². The van der Waals surface area contributed by atoms with E-state index in [1.807, 2.05) is 6.26 Å². The molecule has 0 fully saturated rings. The highest BCUT2D eigenvalue weighted by Gasteiger charge is 2.26. The predicted octanol–water partition coefficient (Wildman–Crippen LogP) is 1.22. The number of sulfonamides is 1. The van der Waals surface area contributed by atoms with Crippen molar-refractivity contribution in [2.24, 2.45) is 0 Å². The maximum Gasteiger partial charge on any atom is 0.321 e. The number of aromatic nitrogens is 1. The van der Waals surface area contributed by atoms with E-state index in [1.54, 1.807) is 0 Å². The predicted molar refractivity (Wildman–Crippen MR) is 74.0 cm³/mol.